The van der Waals surface area contributed by atoms with Gasteiger partial charge in [-0.1, -0.05) is 43.3 Å². The summed E-state index contributed by atoms with van der Waals surface area (Å²) in [6.45, 7) is 2.58. The molecular formula is C21H26O5. The van der Waals surface area contributed by atoms with Gasteiger partial charge >= 0.3 is 0 Å². The zero-order valence-corrected chi connectivity index (χ0v) is 15.4. The van der Waals surface area contributed by atoms with Crippen LogP contribution >= 0.6 is 0 Å². The van der Waals surface area contributed by atoms with Crippen LogP contribution in [-0.4, -0.2) is 32.2 Å². The van der Waals surface area contributed by atoms with Gasteiger partial charge in [0, 0.05) is 13.0 Å². The summed E-state index contributed by atoms with van der Waals surface area (Å²) in [7, 11) is 3.23. The highest BCUT2D eigenvalue weighted by Gasteiger charge is 2.42. The van der Waals surface area contributed by atoms with Crippen molar-refractivity contribution in [2.24, 2.45) is 11.8 Å². The standard InChI is InChI=1S/C21H26O5/c1-14-17(12-22)21(24-3)26-20(14)16-9-10-18(19(11-16)23-2)25-13-15-7-5-4-6-8-15/h4-11,14,17,20-22H,12-13H2,1-3H3/t14-,17-,20-,21+/m1/s1. The van der Waals surface area contributed by atoms with E-state index in [4.69, 9.17) is 18.9 Å². The van der Waals surface area contributed by atoms with Crippen molar-refractivity contribution in [1.29, 1.82) is 0 Å². The highest BCUT2D eigenvalue weighted by Crippen LogP contribution is 2.44. The Labute approximate surface area is 154 Å². The number of hydrogen-bond acceptors (Lipinski definition) is 5. The lowest BCUT2D eigenvalue weighted by molar-refractivity contribution is -0.137. The smallest absolute Gasteiger partial charge is 0.163 e. The molecule has 0 saturated carbocycles. The van der Waals surface area contributed by atoms with Gasteiger partial charge in [-0.3, -0.25) is 0 Å². The first kappa shape index (κ1) is 18.7. The van der Waals surface area contributed by atoms with Crippen LogP contribution in [-0.2, 0) is 16.1 Å². The Balaban J connectivity index is 1.76. The van der Waals surface area contributed by atoms with Gasteiger partial charge in [-0.05, 0) is 29.2 Å². The van der Waals surface area contributed by atoms with Crippen molar-refractivity contribution >= 4 is 0 Å². The first-order chi connectivity index (χ1) is 12.7. The summed E-state index contributed by atoms with van der Waals surface area (Å²) >= 11 is 0. The molecule has 1 aliphatic heterocycles. The van der Waals surface area contributed by atoms with Crippen molar-refractivity contribution in [1.82, 2.24) is 0 Å². The SMILES string of the molecule is COc1cc([C@@H]2O[C@H](OC)[C@H](CO)[C@H]2C)ccc1OCc1ccccc1. The van der Waals surface area contributed by atoms with Gasteiger partial charge in [0.2, 0.25) is 0 Å². The molecule has 1 heterocycles. The Morgan fingerprint density at radius 2 is 1.81 bits per heavy atom. The fourth-order valence-corrected chi connectivity index (χ4v) is 3.42. The Hall–Kier alpha value is -2.08. The number of aliphatic hydroxyl groups is 1. The minimum Gasteiger partial charge on any atom is -0.493 e. The van der Waals surface area contributed by atoms with Crippen LogP contribution in [0, 0.1) is 11.8 Å². The number of aliphatic hydroxyl groups excluding tert-OH is 1. The van der Waals surface area contributed by atoms with Crippen molar-refractivity contribution in [2.45, 2.75) is 25.9 Å². The van der Waals surface area contributed by atoms with Crippen molar-refractivity contribution in [3.8, 4) is 11.5 Å². The van der Waals surface area contributed by atoms with Crippen molar-refractivity contribution in [3.63, 3.8) is 0 Å². The lowest BCUT2D eigenvalue weighted by Gasteiger charge is -2.19. The van der Waals surface area contributed by atoms with Crippen LogP contribution in [0.25, 0.3) is 0 Å². The number of rotatable bonds is 7. The number of ether oxygens (including phenoxy) is 4. The van der Waals surface area contributed by atoms with E-state index in [-0.39, 0.29) is 24.5 Å². The first-order valence-electron chi connectivity index (χ1n) is 8.81. The summed E-state index contributed by atoms with van der Waals surface area (Å²) in [5.74, 6) is 1.43. The lowest BCUT2D eigenvalue weighted by atomic mass is 9.89. The molecule has 1 fully saturated rings. The van der Waals surface area contributed by atoms with Crippen LogP contribution in [0.2, 0.25) is 0 Å². The van der Waals surface area contributed by atoms with Gasteiger partial charge < -0.3 is 24.1 Å². The van der Waals surface area contributed by atoms with E-state index in [2.05, 4.69) is 6.92 Å². The third kappa shape index (κ3) is 3.85. The molecule has 5 nitrogen and oxygen atoms in total. The van der Waals surface area contributed by atoms with Gasteiger partial charge in [-0.15, -0.1) is 0 Å². The maximum Gasteiger partial charge on any atom is 0.163 e. The molecule has 0 aromatic heterocycles. The van der Waals surface area contributed by atoms with E-state index in [1.807, 2.05) is 48.5 Å². The summed E-state index contributed by atoms with van der Waals surface area (Å²) in [6.07, 6.45) is -0.561. The van der Waals surface area contributed by atoms with Crippen molar-refractivity contribution < 1.29 is 24.1 Å². The zero-order valence-electron chi connectivity index (χ0n) is 15.4. The predicted octanol–water partition coefficient (Wildman–Crippen LogP) is 3.56. The fraction of sp³-hybridized carbons (Fsp3) is 0.429. The average molecular weight is 358 g/mol. The molecule has 1 N–H and O–H groups in total. The second-order valence-corrected chi connectivity index (χ2v) is 6.55. The third-order valence-corrected chi connectivity index (χ3v) is 4.98. The monoisotopic (exact) mass is 358 g/mol. The maximum atomic E-state index is 9.62. The van der Waals surface area contributed by atoms with E-state index in [9.17, 15) is 5.11 Å². The molecule has 2 aromatic rings. The number of benzene rings is 2. The third-order valence-electron chi connectivity index (χ3n) is 4.98. The van der Waals surface area contributed by atoms with Gasteiger partial charge in [0.25, 0.3) is 0 Å². The maximum absolute atomic E-state index is 9.62. The van der Waals surface area contributed by atoms with E-state index < -0.39 is 6.29 Å². The Bertz CT molecular complexity index is 703. The molecule has 4 atom stereocenters. The number of hydrogen-bond donors (Lipinski definition) is 1. The molecule has 0 unspecified atom stereocenters. The summed E-state index contributed by atoms with van der Waals surface area (Å²) < 4.78 is 22.8. The largest absolute Gasteiger partial charge is 0.493 e. The molecule has 0 spiro atoms. The second-order valence-electron chi connectivity index (χ2n) is 6.55. The molecule has 26 heavy (non-hydrogen) atoms. The van der Waals surface area contributed by atoms with E-state index in [0.29, 0.717) is 18.1 Å². The molecule has 1 aliphatic rings. The molecule has 1 saturated heterocycles. The van der Waals surface area contributed by atoms with E-state index in [0.717, 1.165) is 11.1 Å². The minimum atomic E-state index is -0.403. The highest BCUT2D eigenvalue weighted by atomic mass is 16.7. The Morgan fingerprint density at radius 3 is 2.42 bits per heavy atom. The zero-order chi connectivity index (χ0) is 18.5. The van der Waals surface area contributed by atoms with E-state index >= 15 is 0 Å². The molecule has 2 aromatic carbocycles. The molecule has 0 aliphatic carbocycles. The van der Waals surface area contributed by atoms with Gasteiger partial charge in [0.05, 0.1) is 19.8 Å². The Kier molecular flexibility index (Phi) is 6.14. The van der Waals surface area contributed by atoms with Gasteiger partial charge in [-0.25, -0.2) is 0 Å². The molecule has 0 amide bonds. The Morgan fingerprint density at radius 1 is 1.04 bits per heavy atom. The highest BCUT2D eigenvalue weighted by molar-refractivity contribution is 5.44. The quantitative estimate of drug-likeness (QED) is 0.820. The number of methoxy groups -OCH3 is 2. The van der Waals surface area contributed by atoms with E-state index in [1.54, 1.807) is 14.2 Å². The molecule has 0 bridgehead atoms. The minimum absolute atomic E-state index is 0.0333. The van der Waals surface area contributed by atoms with Crippen LogP contribution in [0.4, 0.5) is 0 Å². The molecule has 140 valence electrons. The fourth-order valence-electron chi connectivity index (χ4n) is 3.42. The van der Waals surface area contributed by atoms with Crippen molar-refractivity contribution in [3.05, 3.63) is 59.7 Å². The predicted molar refractivity (Wildman–Crippen MR) is 98.1 cm³/mol. The van der Waals surface area contributed by atoms with Gasteiger partial charge in [0.15, 0.2) is 17.8 Å². The van der Waals surface area contributed by atoms with Crippen LogP contribution in [0.3, 0.4) is 0 Å². The summed E-state index contributed by atoms with van der Waals surface area (Å²) in [6, 6.07) is 15.8. The van der Waals surface area contributed by atoms with Crippen LogP contribution < -0.4 is 9.47 Å². The van der Waals surface area contributed by atoms with Crippen LogP contribution in [0.5, 0.6) is 11.5 Å². The first-order valence-corrected chi connectivity index (χ1v) is 8.81. The summed E-state index contributed by atoms with van der Waals surface area (Å²) in [4.78, 5) is 0. The molecule has 5 heteroatoms. The average Bonchev–Trinajstić information content (AvgIpc) is 3.02. The summed E-state index contributed by atoms with van der Waals surface area (Å²) in [5.41, 5.74) is 2.08. The second kappa shape index (κ2) is 8.54. The van der Waals surface area contributed by atoms with Gasteiger partial charge in [0.1, 0.15) is 6.61 Å². The summed E-state index contributed by atoms with van der Waals surface area (Å²) in [5, 5.41) is 9.62. The van der Waals surface area contributed by atoms with Gasteiger partial charge in [-0.2, -0.15) is 0 Å². The van der Waals surface area contributed by atoms with Crippen molar-refractivity contribution in [2.75, 3.05) is 20.8 Å². The lowest BCUT2D eigenvalue weighted by Crippen LogP contribution is -2.24. The molecule has 3 rings (SSSR count). The van der Waals surface area contributed by atoms with Crippen LogP contribution in [0.1, 0.15) is 24.2 Å². The topological polar surface area (TPSA) is 57.2 Å². The van der Waals surface area contributed by atoms with Crippen LogP contribution in [0.15, 0.2) is 48.5 Å². The van der Waals surface area contributed by atoms with E-state index in [1.165, 1.54) is 0 Å². The normalized spacial score (nSPS) is 25.2. The molecular weight excluding hydrogens is 332 g/mol. The molecule has 0 radical (unpaired) electrons.